The Bertz CT molecular complexity index is 906. The summed E-state index contributed by atoms with van der Waals surface area (Å²) in [5.41, 5.74) is 4.19. The van der Waals surface area contributed by atoms with E-state index < -0.39 is 0 Å². The Hall–Kier alpha value is -2.66. The number of quaternary nitrogens is 1. The third kappa shape index (κ3) is 6.42. The summed E-state index contributed by atoms with van der Waals surface area (Å²) >= 11 is 0. The molecule has 1 heterocycles. The van der Waals surface area contributed by atoms with Gasteiger partial charge < -0.3 is 14.5 Å². The van der Waals surface area contributed by atoms with Crippen molar-refractivity contribution >= 4 is 17.6 Å². The number of likely N-dealkylation sites (tertiary alicyclic amines) is 1. The molecule has 0 aromatic heterocycles. The number of ether oxygens (including phenoxy) is 1. The average molecular weight is 438 g/mol. The maximum absolute atomic E-state index is 13.2. The van der Waals surface area contributed by atoms with Gasteiger partial charge in [-0.2, -0.15) is 0 Å². The van der Waals surface area contributed by atoms with E-state index >= 15 is 0 Å². The molecule has 1 saturated heterocycles. The SMILES string of the molecule is Cc1cccc(C)c1NC(=O)C[N+]1(Cc2ccccc2)CCCC(C(=O)OCC(C)C)C1. The summed E-state index contributed by atoms with van der Waals surface area (Å²) in [5.74, 6) is 0.0205. The summed E-state index contributed by atoms with van der Waals surface area (Å²) in [6.45, 7) is 11.1. The van der Waals surface area contributed by atoms with Crippen LogP contribution < -0.4 is 5.32 Å². The van der Waals surface area contributed by atoms with Gasteiger partial charge in [-0.15, -0.1) is 0 Å². The van der Waals surface area contributed by atoms with Crippen molar-refractivity contribution in [3.8, 4) is 0 Å². The van der Waals surface area contributed by atoms with E-state index in [-0.39, 0.29) is 17.8 Å². The Morgan fingerprint density at radius 3 is 2.41 bits per heavy atom. The summed E-state index contributed by atoms with van der Waals surface area (Å²) in [7, 11) is 0. The van der Waals surface area contributed by atoms with Crippen LogP contribution in [0, 0.1) is 25.7 Å². The van der Waals surface area contributed by atoms with Crippen molar-refractivity contribution in [1.29, 1.82) is 0 Å². The van der Waals surface area contributed by atoms with Gasteiger partial charge in [0.25, 0.3) is 5.91 Å². The summed E-state index contributed by atoms with van der Waals surface area (Å²) in [6.07, 6.45) is 1.73. The normalized spacial score (nSPS) is 20.7. The van der Waals surface area contributed by atoms with Gasteiger partial charge in [0, 0.05) is 11.3 Å². The fourth-order valence-corrected chi connectivity index (χ4v) is 4.69. The number of nitrogens with one attached hydrogen (secondary N) is 1. The molecule has 0 aliphatic carbocycles. The Kier molecular flexibility index (Phi) is 8.08. The standard InChI is InChI=1S/C27H36N2O3/c1-20(2)19-32-27(31)24-14-9-15-29(17-24,16-23-12-6-5-7-13-23)18-25(30)28-26-21(3)10-8-11-22(26)4/h5-8,10-13,20,24H,9,14-19H2,1-4H3/p+1. The lowest BCUT2D eigenvalue weighted by Crippen LogP contribution is -2.58. The third-order valence-electron chi connectivity index (χ3n) is 6.27. The Morgan fingerprint density at radius 2 is 1.75 bits per heavy atom. The number of aryl methyl sites for hydroxylation is 2. The lowest BCUT2D eigenvalue weighted by Gasteiger charge is -2.43. The van der Waals surface area contributed by atoms with Crippen LogP contribution in [0.1, 0.15) is 43.4 Å². The van der Waals surface area contributed by atoms with Crippen LogP contribution in [0.3, 0.4) is 0 Å². The predicted octanol–water partition coefficient (Wildman–Crippen LogP) is 4.87. The van der Waals surface area contributed by atoms with Crippen molar-refractivity contribution in [1.82, 2.24) is 0 Å². The molecule has 0 radical (unpaired) electrons. The molecule has 5 heteroatoms. The lowest BCUT2D eigenvalue weighted by molar-refractivity contribution is -0.940. The van der Waals surface area contributed by atoms with Crippen LogP contribution >= 0.6 is 0 Å². The quantitative estimate of drug-likeness (QED) is 0.474. The molecule has 1 fully saturated rings. The van der Waals surface area contributed by atoms with Crippen LogP contribution in [-0.2, 0) is 20.9 Å². The molecule has 1 aliphatic rings. The molecule has 2 atom stereocenters. The largest absolute Gasteiger partial charge is 0.465 e. The fourth-order valence-electron chi connectivity index (χ4n) is 4.69. The minimum atomic E-state index is -0.167. The number of hydrogen-bond donors (Lipinski definition) is 1. The van der Waals surface area contributed by atoms with Crippen molar-refractivity contribution in [2.45, 2.75) is 47.1 Å². The number of esters is 1. The van der Waals surface area contributed by atoms with Crippen LogP contribution in [0.15, 0.2) is 48.5 Å². The van der Waals surface area contributed by atoms with Crippen LogP contribution in [0.5, 0.6) is 0 Å². The Balaban J connectivity index is 1.79. The van der Waals surface area contributed by atoms with Crippen LogP contribution in [0.2, 0.25) is 0 Å². The van der Waals surface area contributed by atoms with E-state index in [0.717, 1.165) is 42.7 Å². The second kappa shape index (κ2) is 10.8. The molecule has 0 spiro atoms. The Labute approximate surface area is 192 Å². The number of carbonyl (C=O) groups excluding carboxylic acids is 2. The molecule has 3 rings (SSSR count). The zero-order valence-electron chi connectivity index (χ0n) is 19.9. The topological polar surface area (TPSA) is 55.4 Å². The van der Waals surface area contributed by atoms with Gasteiger partial charge in [0.15, 0.2) is 6.54 Å². The number of benzene rings is 2. The highest BCUT2D eigenvalue weighted by atomic mass is 16.5. The molecule has 2 aromatic carbocycles. The number of nitrogens with zero attached hydrogens (tertiary/aromatic N) is 1. The van der Waals surface area contributed by atoms with Crippen LogP contribution in [-0.4, -0.2) is 42.6 Å². The number of amides is 1. The number of rotatable bonds is 8. The number of hydrogen-bond acceptors (Lipinski definition) is 3. The maximum Gasteiger partial charge on any atom is 0.314 e. The minimum absolute atomic E-state index is 0.00507. The monoisotopic (exact) mass is 437 g/mol. The first kappa shape index (κ1) is 24.0. The van der Waals surface area contributed by atoms with E-state index in [1.165, 1.54) is 5.56 Å². The summed E-state index contributed by atoms with van der Waals surface area (Å²) in [4.78, 5) is 26.0. The van der Waals surface area contributed by atoms with Gasteiger partial charge >= 0.3 is 5.97 Å². The van der Waals surface area contributed by atoms with E-state index in [2.05, 4.69) is 17.4 Å². The molecule has 0 bridgehead atoms. The molecule has 2 unspecified atom stereocenters. The molecule has 1 aliphatic heterocycles. The smallest absolute Gasteiger partial charge is 0.314 e. The molecule has 1 amide bonds. The van der Waals surface area contributed by atoms with Gasteiger partial charge in [0.1, 0.15) is 12.5 Å². The van der Waals surface area contributed by atoms with Crippen molar-refractivity contribution < 1.29 is 18.8 Å². The van der Waals surface area contributed by atoms with Crippen LogP contribution in [0.4, 0.5) is 5.69 Å². The molecule has 2 aromatic rings. The molecule has 0 saturated carbocycles. The summed E-state index contributed by atoms with van der Waals surface area (Å²) in [6, 6.07) is 16.3. The van der Waals surface area contributed by atoms with Gasteiger partial charge in [-0.05, 0) is 43.7 Å². The van der Waals surface area contributed by atoms with Crippen molar-refractivity contribution in [2.24, 2.45) is 11.8 Å². The molecule has 172 valence electrons. The summed E-state index contributed by atoms with van der Waals surface area (Å²) < 4.78 is 6.14. The zero-order chi connectivity index (χ0) is 23.1. The van der Waals surface area contributed by atoms with E-state index in [0.29, 0.717) is 30.1 Å². The second-order valence-corrected chi connectivity index (χ2v) is 9.73. The van der Waals surface area contributed by atoms with Crippen molar-refractivity contribution in [3.05, 3.63) is 65.2 Å². The lowest BCUT2D eigenvalue weighted by atomic mass is 9.94. The van der Waals surface area contributed by atoms with Gasteiger partial charge in [0.05, 0.1) is 19.7 Å². The van der Waals surface area contributed by atoms with E-state index in [4.69, 9.17) is 4.74 Å². The highest BCUT2D eigenvalue weighted by Crippen LogP contribution is 2.28. The molecule has 32 heavy (non-hydrogen) atoms. The number of anilines is 1. The second-order valence-electron chi connectivity index (χ2n) is 9.73. The Morgan fingerprint density at radius 1 is 1.06 bits per heavy atom. The highest BCUT2D eigenvalue weighted by Gasteiger charge is 2.40. The van der Waals surface area contributed by atoms with Crippen molar-refractivity contribution in [2.75, 3.05) is 31.6 Å². The molecule has 1 N–H and O–H groups in total. The first-order valence-electron chi connectivity index (χ1n) is 11.7. The predicted molar refractivity (Wildman–Crippen MR) is 128 cm³/mol. The van der Waals surface area contributed by atoms with Crippen molar-refractivity contribution in [3.63, 3.8) is 0 Å². The molecular weight excluding hydrogens is 400 g/mol. The van der Waals surface area contributed by atoms with Crippen LogP contribution in [0.25, 0.3) is 0 Å². The van der Waals surface area contributed by atoms with Gasteiger partial charge in [-0.3, -0.25) is 9.59 Å². The molecule has 5 nitrogen and oxygen atoms in total. The fraction of sp³-hybridized carbons (Fsp3) is 0.481. The first-order valence-corrected chi connectivity index (χ1v) is 11.7. The number of carbonyl (C=O) groups is 2. The number of piperidine rings is 1. The zero-order valence-corrected chi connectivity index (χ0v) is 19.9. The highest BCUT2D eigenvalue weighted by molar-refractivity contribution is 5.93. The van der Waals surface area contributed by atoms with Gasteiger partial charge in [0.2, 0.25) is 0 Å². The average Bonchev–Trinajstić information content (AvgIpc) is 2.75. The van der Waals surface area contributed by atoms with E-state index in [1.807, 2.05) is 64.1 Å². The van der Waals surface area contributed by atoms with Gasteiger partial charge in [-0.1, -0.05) is 62.4 Å². The minimum Gasteiger partial charge on any atom is -0.465 e. The maximum atomic E-state index is 13.2. The summed E-state index contributed by atoms with van der Waals surface area (Å²) in [5, 5.41) is 3.15. The first-order chi connectivity index (χ1) is 15.3. The molecular formula is C27H37N2O3+. The number of para-hydroxylation sites is 1. The van der Waals surface area contributed by atoms with E-state index in [1.54, 1.807) is 0 Å². The van der Waals surface area contributed by atoms with Gasteiger partial charge in [-0.25, -0.2) is 0 Å². The van der Waals surface area contributed by atoms with E-state index in [9.17, 15) is 9.59 Å². The third-order valence-corrected chi connectivity index (χ3v) is 6.27.